The number of hydrogen-bond donors (Lipinski definition) is 0. The van der Waals surface area contributed by atoms with E-state index in [1.807, 2.05) is 19.1 Å². The molecule has 7 nitrogen and oxygen atoms in total. The van der Waals surface area contributed by atoms with Crippen molar-refractivity contribution in [1.29, 1.82) is 0 Å². The molecule has 0 atom stereocenters. The van der Waals surface area contributed by atoms with Crippen LogP contribution in [0.15, 0.2) is 48.7 Å². The number of rotatable bonds is 17. The van der Waals surface area contributed by atoms with Crippen molar-refractivity contribution in [3.05, 3.63) is 71.1 Å². The minimum atomic E-state index is -0.645. The second-order valence-electron chi connectivity index (χ2n) is 13.0. The van der Waals surface area contributed by atoms with Crippen LogP contribution in [0.3, 0.4) is 0 Å². The van der Waals surface area contributed by atoms with E-state index in [2.05, 4.69) is 41.2 Å². The van der Waals surface area contributed by atoms with Gasteiger partial charge in [0, 0.05) is 36.1 Å². The van der Waals surface area contributed by atoms with Crippen molar-refractivity contribution in [1.82, 2.24) is 4.98 Å². The second kappa shape index (κ2) is 21.8. The van der Waals surface area contributed by atoms with Crippen LogP contribution in [0.4, 0.5) is 0 Å². The summed E-state index contributed by atoms with van der Waals surface area (Å²) in [5, 5.41) is 0. The summed E-state index contributed by atoms with van der Waals surface area (Å²) in [5.74, 6) is 2.47. The monoisotopic (exact) mass is 645 g/mol. The molecule has 0 amide bonds. The first-order chi connectivity index (χ1) is 22.5. The fourth-order valence-electron chi connectivity index (χ4n) is 5.47. The molecular formula is C40H55NO6. The third-order valence-corrected chi connectivity index (χ3v) is 8.29. The zero-order valence-electron chi connectivity index (χ0n) is 29.3. The van der Waals surface area contributed by atoms with E-state index in [-0.39, 0.29) is 31.8 Å². The number of benzene rings is 1. The van der Waals surface area contributed by atoms with Crippen LogP contribution in [0.5, 0.6) is 5.75 Å². The molecule has 0 radical (unpaired) electrons. The lowest BCUT2D eigenvalue weighted by atomic mass is 9.91. The second-order valence-corrected chi connectivity index (χ2v) is 13.0. The molecule has 1 saturated carbocycles. The number of ether oxygens (including phenoxy) is 3. The summed E-state index contributed by atoms with van der Waals surface area (Å²) in [6.07, 6.45) is 25.6. The van der Waals surface area contributed by atoms with Gasteiger partial charge in [-0.25, -0.2) is 0 Å². The third kappa shape index (κ3) is 16.5. The van der Waals surface area contributed by atoms with Crippen molar-refractivity contribution in [2.45, 2.75) is 131 Å². The molecule has 47 heavy (non-hydrogen) atoms. The summed E-state index contributed by atoms with van der Waals surface area (Å²) in [6.45, 7) is 8.16. The van der Waals surface area contributed by atoms with E-state index in [9.17, 15) is 14.4 Å². The highest BCUT2D eigenvalue weighted by molar-refractivity contribution is 5.74. The number of aryl methyl sites for hydroxylation is 2. The van der Waals surface area contributed by atoms with Gasteiger partial charge in [0.1, 0.15) is 13.2 Å². The molecule has 2 aromatic rings. The molecular weight excluding hydrogens is 590 g/mol. The largest absolute Gasteiger partial charge is 0.461 e. The van der Waals surface area contributed by atoms with E-state index in [1.54, 1.807) is 20.8 Å². The van der Waals surface area contributed by atoms with Crippen LogP contribution in [-0.2, 0) is 43.5 Å². The minimum absolute atomic E-state index is 0.0346. The average molecular weight is 646 g/mol. The average Bonchev–Trinajstić information content (AvgIpc) is 3.57. The van der Waals surface area contributed by atoms with Crippen molar-refractivity contribution < 1.29 is 28.6 Å². The highest BCUT2D eigenvalue weighted by atomic mass is 16.5. The van der Waals surface area contributed by atoms with Gasteiger partial charge >= 0.3 is 17.9 Å². The minimum Gasteiger partial charge on any atom is -0.461 e. The molecule has 0 N–H and O–H groups in total. The molecule has 0 spiro atoms. The number of nitrogens with zero attached hydrogens (tertiary/aromatic N) is 1. The summed E-state index contributed by atoms with van der Waals surface area (Å²) in [5.41, 5.74) is 2.24. The van der Waals surface area contributed by atoms with Gasteiger partial charge in [0.05, 0.1) is 12.1 Å². The molecule has 1 aromatic heterocycles. The maximum atomic E-state index is 12.3. The number of unbranched alkanes of at least 4 members (excludes halogenated alkanes) is 3. The molecule has 7 heteroatoms. The molecule has 0 unspecified atom stereocenters. The number of carbonyl (C=O) groups excluding carboxylic acids is 3. The summed E-state index contributed by atoms with van der Waals surface area (Å²) in [4.78, 5) is 40.1. The van der Waals surface area contributed by atoms with Gasteiger partial charge in [0.2, 0.25) is 0 Å². The molecule has 0 aliphatic heterocycles. The van der Waals surface area contributed by atoms with Crippen molar-refractivity contribution in [3.63, 3.8) is 0 Å². The highest BCUT2D eigenvalue weighted by Gasteiger charge is 2.23. The van der Waals surface area contributed by atoms with Crippen LogP contribution in [0, 0.1) is 30.6 Å². The lowest BCUT2D eigenvalue weighted by Crippen LogP contribution is -2.18. The smallest absolute Gasteiger partial charge is 0.311 e. The molecule has 1 fully saturated rings. The number of pyridine rings is 1. The van der Waals surface area contributed by atoms with E-state index >= 15 is 0 Å². The Morgan fingerprint density at radius 1 is 1.00 bits per heavy atom. The van der Waals surface area contributed by atoms with Gasteiger partial charge in [-0.1, -0.05) is 93.4 Å². The predicted octanol–water partition coefficient (Wildman–Crippen LogP) is 9.18. The Balaban J connectivity index is 0.000000398. The topological polar surface area (TPSA) is 91.8 Å². The first kappa shape index (κ1) is 39.3. The number of hydrogen-bond acceptors (Lipinski definition) is 7. The first-order valence-corrected chi connectivity index (χ1v) is 17.1. The zero-order valence-corrected chi connectivity index (χ0v) is 29.3. The summed E-state index contributed by atoms with van der Waals surface area (Å²) in [7, 11) is 0. The van der Waals surface area contributed by atoms with E-state index in [0.717, 1.165) is 12.3 Å². The number of terminal acetylenes is 1. The lowest BCUT2D eigenvalue weighted by Gasteiger charge is -2.19. The Labute approximate surface area is 282 Å². The molecule has 1 aromatic carbocycles. The number of esters is 3. The molecule has 0 bridgehead atoms. The molecule has 1 aliphatic carbocycles. The van der Waals surface area contributed by atoms with Crippen LogP contribution in [0.25, 0.3) is 0 Å². The van der Waals surface area contributed by atoms with E-state index in [1.165, 1.54) is 76.5 Å². The van der Waals surface area contributed by atoms with Gasteiger partial charge in [-0.05, 0) is 64.9 Å². The molecule has 0 saturated heterocycles. The van der Waals surface area contributed by atoms with Gasteiger partial charge in [-0.3, -0.25) is 19.4 Å². The normalized spacial score (nSPS) is 13.0. The van der Waals surface area contributed by atoms with Gasteiger partial charge in [-0.2, -0.15) is 0 Å². The van der Waals surface area contributed by atoms with Crippen molar-refractivity contribution in [3.8, 4) is 18.1 Å². The first-order valence-electron chi connectivity index (χ1n) is 17.1. The number of allylic oxidation sites excluding steroid dienone is 2. The Hall–Kier alpha value is -3.92. The zero-order chi connectivity index (χ0) is 34.5. The highest BCUT2D eigenvalue weighted by Crippen LogP contribution is 2.30. The van der Waals surface area contributed by atoms with E-state index in [0.29, 0.717) is 23.2 Å². The van der Waals surface area contributed by atoms with Crippen LogP contribution < -0.4 is 4.74 Å². The van der Waals surface area contributed by atoms with Crippen LogP contribution in [-0.4, -0.2) is 22.9 Å². The summed E-state index contributed by atoms with van der Waals surface area (Å²) >= 11 is 0. The van der Waals surface area contributed by atoms with Crippen molar-refractivity contribution in [2.24, 2.45) is 11.3 Å². The Morgan fingerprint density at radius 2 is 1.72 bits per heavy atom. The Kier molecular flexibility index (Phi) is 18.2. The molecule has 256 valence electrons. The van der Waals surface area contributed by atoms with Crippen LogP contribution in [0.2, 0.25) is 0 Å². The van der Waals surface area contributed by atoms with Gasteiger partial charge < -0.3 is 14.2 Å². The van der Waals surface area contributed by atoms with Crippen molar-refractivity contribution >= 4 is 17.9 Å². The van der Waals surface area contributed by atoms with Gasteiger partial charge in [-0.15, -0.1) is 6.42 Å². The van der Waals surface area contributed by atoms with E-state index in [4.69, 9.17) is 20.6 Å². The standard InChI is InChI=1S/C24H31NO6.C16H24/c1-7-9-10-11-12-21(27)31-23-17(3)25-14-19(15-29-18(4)26)20(23)16-30-22(28)13-24(5,6)8-2;1-3-9-15(10-4-1)11-5-2-6-12-16-13-7-8-14-16/h2,7,9,14H,10-13,15-16H2,1,3-6H3;1,3-4,9-10,16H,2,5-8,11-14H2/b9-7-;. The Morgan fingerprint density at radius 3 is 2.38 bits per heavy atom. The molecule has 3 rings (SSSR count). The fourth-order valence-corrected chi connectivity index (χ4v) is 5.47. The van der Waals surface area contributed by atoms with Gasteiger partial charge in [0.25, 0.3) is 0 Å². The maximum absolute atomic E-state index is 12.3. The van der Waals surface area contributed by atoms with Crippen LogP contribution in [0.1, 0.15) is 127 Å². The third-order valence-electron chi connectivity index (χ3n) is 8.29. The Bertz CT molecular complexity index is 1320. The van der Waals surface area contributed by atoms with E-state index < -0.39 is 23.3 Å². The number of aromatic nitrogens is 1. The van der Waals surface area contributed by atoms with Crippen molar-refractivity contribution in [2.75, 3.05) is 0 Å². The predicted molar refractivity (Wildman–Crippen MR) is 186 cm³/mol. The van der Waals surface area contributed by atoms with Gasteiger partial charge in [0.15, 0.2) is 5.75 Å². The maximum Gasteiger partial charge on any atom is 0.311 e. The quantitative estimate of drug-likeness (QED) is 0.0733. The number of carbonyl (C=O) groups is 3. The van der Waals surface area contributed by atoms with Crippen LogP contribution >= 0.6 is 0 Å². The lowest BCUT2D eigenvalue weighted by molar-refractivity contribution is -0.147. The summed E-state index contributed by atoms with van der Waals surface area (Å²) < 4.78 is 16.0. The fraction of sp³-hybridized carbons (Fsp3) is 0.550. The molecule has 1 heterocycles. The molecule has 1 aliphatic rings. The summed E-state index contributed by atoms with van der Waals surface area (Å²) in [6, 6.07) is 10.9. The SMILES string of the molecule is C#CC(C)(C)CC(=O)OCc1c(COC(C)=O)cnc(C)c1OC(=O)CCC/C=C\C.c1ccc(CCCCCC2CCCC2)cc1.